The van der Waals surface area contributed by atoms with E-state index >= 15 is 0 Å². The topological polar surface area (TPSA) is 30.5 Å². The lowest BCUT2D eigenvalue weighted by molar-refractivity contribution is 0.0513. The van der Waals surface area contributed by atoms with Gasteiger partial charge in [-0.15, -0.1) is 0 Å². The minimum atomic E-state index is 0.537. The summed E-state index contributed by atoms with van der Waals surface area (Å²) in [5, 5.41) is 3.71. The number of rotatable bonds is 9. The standard InChI is InChI=1S/C14H27NO2/c1-16-10-11-17-9-8-14(6-2-3-7-14)12-15-13-4-5-13/h13,15H,2-12H2,1H3. The normalized spacial score (nSPS) is 23.1. The highest BCUT2D eigenvalue weighted by molar-refractivity contribution is 4.90. The fraction of sp³-hybridized carbons (Fsp3) is 1.00. The van der Waals surface area contributed by atoms with E-state index in [1.165, 1.54) is 51.5 Å². The molecule has 0 aromatic heterocycles. The molecule has 2 aliphatic rings. The second-order valence-electron chi connectivity index (χ2n) is 5.72. The monoisotopic (exact) mass is 241 g/mol. The zero-order chi connectivity index (χ0) is 12.0. The Labute approximate surface area is 105 Å². The zero-order valence-corrected chi connectivity index (χ0v) is 11.2. The summed E-state index contributed by atoms with van der Waals surface area (Å²) in [4.78, 5) is 0. The lowest BCUT2D eigenvalue weighted by atomic mass is 9.83. The van der Waals surface area contributed by atoms with Gasteiger partial charge in [0.05, 0.1) is 13.2 Å². The molecule has 0 aromatic carbocycles. The van der Waals surface area contributed by atoms with E-state index in [0.29, 0.717) is 12.0 Å². The van der Waals surface area contributed by atoms with Crippen molar-refractivity contribution in [2.75, 3.05) is 33.5 Å². The highest BCUT2D eigenvalue weighted by Crippen LogP contribution is 2.41. The lowest BCUT2D eigenvalue weighted by Gasteiger charge is -2.29. The molecule has 0 unspecified atom stereocenters. The Hall–Kier alpha value is -0.120. The van der Waals surface area contributed by atoms with Crippen LogP contribution in [0.3, 0.4) is 0 Å². The Bertz CT molecular complexity index is 210. The van der Waals surface area contributed by atoms with E-state index < -0.39 is 0 Å². The molecule has 0 saturated heterocycles. The van der Waals surface area contributed by atoms with Crippen molar-refractivity contribution in [1.29, 1.82) is 0 Å². The number of hydrogen-bond donors (Lipinski definition) is 1. The third kappa shape index (κ3) is 4.57. The maximum absolute atomic E-state index is 5.63. The molecule has 17 heavy (non-hydrogen) atoms. The van der Waals surface area contributed by atoms with Crippen LogP contribution in [-0.2, 0) is 9.47 Å². The average Bonchev–Trinajstić information content (AvgIpc) is 3.07. The molecule has 0 atom stereocenters. The number of hydrogen-bond acceptors (Lipinski definition) is 3. The SMILES string of the molecule is COCCOCCC1(CNC2CC2)CCCC1. The molecule has 2 fully saturated rings. The van der Waals surface area contributed by atoms with Crippen molar-refractivity contribution < 1.29 is 9.47 Å². The van der Waals surface area contributed by atoms with Gasteiger partial charge in [0.25, 0.3) is 0 Å². The molecule has 0 heterocycles. The van der Waals surface area contributed by atoms with Gasteiger partial charge in [0.1, 0.15) is 0 Å². The van der Waals surface area contributed by atoms with E-state index in [9.17, 15) is 0 Å². The third-order valence-electron chi connectivity index (χ3n) is 4.22. The summed E-state index contributed by atoms with van der Waals surface area (Å²) in [6, 6.07) is 0.835. The molecule has 2 saturated carbocycles. The van der Waals surface area contributed by atoms with Gasteiger partial charge in [0.15, 0.2) is 0 Å². The van der Waals surface area contributed by atoms with Crippen LogP contribution in [0.15, 0.2) is 0 Å². The summed E-state index contributed by atoms with van der Waals surface area (Å²) in [5.41, 5.74) is 0.537. The Kier molecular flexibility index (Phi) is 5.26. The molecular formula is C14H27NO2. The average molecular weight is 241 g/mol. The molecule has 2 aliphatic carbocycles. The quantitative estimate of drug-likeness (QED) is 0.629. The Morgan fingerprint density at radius 3 is 2.53 bits per heavy atom. The Morgan fingerprint density at radius 1 is 1.12 bits per heavy atom. The summed E-state index contributed by atoms with van der Waals surface area (Å²) in [6.07, 6.45) is 9.59. The van der Waals surface area contributed by atoms with Crippen molar-refractivity contribution in [2.24, 2.45) is 5.41 Å². The fourth-order valence-electron chi connectivity index (χ4n) is 2.82. The summed E-state index contributed by atoms with van der Waals surface area (Å²) in [7, 11) is 1.72. The second kappa shape index (κ2) is 6.72. The summed E-state index contributed by atoms with van der Waals surface area (Å²) >= 11 is 0. The van der Waals surface area contributed by atoms with Gasteiger partial charge in [-0.25, -0.2) is 0 Å². The van der Waals surface area contributed by atoms with Crippen LogP contribution in [-0.4, -0.2) is 39.5 Å². The van der Waals surface area contributed by atoms with Crippen LogP contribution in [0.5, 0.6) is 0 Å². The molecule has 0 aromatic rings. The van der Waals surface area contributed by atoms with Gasteiger partial charge in [-0.1, -0.05) is 12.8 Å². The van der Waals surface area contributed by atoms with Crippen LogP contribution in [0.25, 0.3) is 0 Å². The number of ether oxygens (including phenoxy) is 2. The molecule has 0 radical (unpaired) electrons. The highest BCUT2D eigenvalue weighted by atomic mass is 16.5. The molecule has 0 aliphatic heterocycles. The smallest absolute Gasteiger partial charge is 0.0700 e. The van der Waals surface area contributed by atoms with Crippen molar-refractivity contribution in [3.63, 3.8) is 0 Å². The molecule has 0 bridgehead atoms. The first kappa shape index (κ1) is 13.3. The van der Waals surface area contributed by atoms with Crippen LogP contribution in [0.4, 0.5) is 0 Å². The number of methoxy groups -OCH3 is 1. The van der Waals surface area contributed by atoms with Gasteiger partial charge in [-0.3, -0.25) is 0 Å². The lowest BCUT2D eigenvalue weighted by Crippen LogP contribution is -2.34. The van der Waals surface area contributed by atoms with Crippen molar-refractivity contribution in [1.82, 2.24) is 5.32 Å². The minimum absolute atomic E-state index is 0.537. The van der Waals surface area contributed by atoms with E-state index in [4.69, 9.17) is 9.47 Å². The molecule has 3 heteroatoms. The predicted octanol–water partition coefficient (Wildman–Crippen LogP) is 2.35. The third-order valence-corrected chi connectivity index (χ3v) is 4.22. The van der Waals surface area contributed by atoms with Gasteiger partial charge < -0.3 is 14.8 Å². The van der Waals surface area contributed by atoms with Crippen molar-refractivity contribution >= 4 is 0 Å². The van der Waals surface area contributed by atoms with E-state index in [-0.39, 0.29) is 0 Å². The van der Waals surface area contributed by atoms with Crippen molar-refractivity contribution in [3.8, 4) is 0 Å². The second-order valence-corrected chi connectivity index (χ2v) is 5.72. The van der Waals surface area contributed by atoms with E-state index in [2.05, 4.69) is 5.32 Å². The van der Waals surface area contributed by atoms with Crippen molar-refractivity contribution in [3.05, 3.63) is 0 Å². The Balaban J connectivity index is 1.63. The first-order chi connectivity index (χ1) is 8.35. The van der Waals surface area contributed by atoms with Crippen LogP contribution in [0, 0.1) is 5.41 Å². The molecular weight excluding hydrogens is 214 g/mol. The molecule has 3 nitrogen and oxygen atoms in total. The summed E-state index contributed by atoms with van der Waals surface area (Å²) in [5.74, 6) is 0. The van der Waals surface area contributed by atoms with Crippen LogP contribution < -0.4 is 5.32 Å². The number of nitrogens with one attached hydrogen (secondary N) is 1. The maximum Gasteiger partial charge on any atom is 0.0700 e. The van der Waals surface area contributed by atoms with Gasteiger partial charge in [-0.05, 0) is 37.5 Å². The molecule has 0 amide bonds. The van der Waals surface area contributed by atoms with Crippen LogP contribution >= 0.6 is 0 Å². The molecule has 1 N–H and O–H groups in total. The maximum atomic E-state index is 5.63. The van der Waals surface area contributed by atoms with Crippen LogP contribution in [0.1, 0.15) is 44.9 Å². The largest absolute Gasteiger partial charge is 0.382 e. The summed E-state index contributed by atoms with van der Waals surface area (Å²) in [6.45, 7) is 3.57. The fourth-order valence-corrected chi connectivity index (χ4v) is 2.82. The van der Waals surface area contributed by atoms with Crippen molar-refractivity contribution in [2.45, 2.75) is 51.0 Å². The Morgan fingerprint density at radius 2 is 1.88 bits per heavy atom. The summed E-state index contributed by atoms with van der Waals surface area (Å²) < 4.78 is 10.6. The van der Waals surface area contributed by atoms with E-state index in [1.54, 1.807) is 7.11 Å². The zero-order valence-electron chi connectivity index (χ0n) is 11.2. The van der Waals surface area contributed by atoms with Gasteiger partial charge in [-0.2, -0.15) is 0 Å². The van der Waals surface area contributed by atoms with E-state index in [0.717, 1.165) is 19.3 Å². The first-order valence-corrected chi connectivity index (χ1v) is 7.15. The van der Waals surface area contributed by atoms with E-state index in [1.807, 2.05) is 0 Å². The van der Waals surface area contributed by atoms with Gasteiger partial charge in [0.2, 0.25) is 0 Å². The molecule has 2 rings (SSSR count). The highest BCUT2D eigenvalue weighted by Gasteiger charge is 2.35. The van der Waals surface area contributed by atoms with Crippen LogP contribution in [0.2, 0.25) is 0 Å². The van der Waals surface area contributed by atoms with Gasteiger partial charge >= 0.3 is 0 Å². The minimum Gasteiger partial charge on any atom is -0.382 e. The first-order valence-electron chi connectivity index (χ1n) is 7.15. The van der Waals surface area contributed by atoms with Gasteiger partial charge in [0, 0.05) is 26.3 Å². The molecule has 0 spiro atoms. The predicted molar refractivity (Wildman–Crippen MR) is 69.2 cm³/mol. The molecule has 100 valence electrons.